The van der Waals surface area contributed by atoms with Gasteiger partial charge < -0.3 is 10.2 Å². The van der Waals surface area contributed by atoms with Gasteiger partial charge in [0.2, 0.25) is 5.95 Å². The highest BCUT2D eigenvalue weighted by atomic mass is 15.2. The smallest absolute Gasteiger partial charge is 0.225 e. The number of rotatable bonds is 4. The zero-order valence-corrected chi connectivity index (χ0v) is 14.0. The first-order valence-electron chi connectivity index (χ1n) is 8.42. The van der Waals surface area contributed by atoms with E-state index in [1.807, 2.05) is 6.20 Å². The molecule has 1 saturated heterocycles. The lowest BCUT2D eigenvalue weighted by Crippen LogP contribution is -2.30. The first-order valence-corrected chi connectivity index (χ1v) is 8.42. The molecule has 1 N–H and O–H groups in total. The molecular weight excluding hydrogens is 260 g/mol. The molecule has 0 aromatic carbocycles. The van der Waals surface area contributed by atoms with Crippen LogP contribution in [0, 0.1) is 6.92 Å². The van der Waals surface area contributed by atoms with Crippen LogP contribution in [0.15, 0.2) is 6.20 Å². The lowest BCUT2D eigenvalue weighted by atomic mass is 10.1. The van der Waals surface area contributed by atoms with Crippen LogP contribution in [0.2, 0.25) is 0 Å². The molecule has 0 bridgehead atoms. The van der Waals surface area contributed by atoms with Gasteiger partial charge in [-0.2, -0.15) is 0 Å². The van der Waals surface area contributed by atoms with Gasteiger partial charge >= 0.3 is 0 Å². The third-order valence-electron chi connectivity index (χ3n) is 4.19. The minimum Gasteiger partial charge on any atom is -0.341 e. The fourth-order valence-electron chi connectivity index (χ4n) is 3.08. The standard InChI is InChI=1S/C17H30N4/c1-13(2)19-14(3)16-12-18-17(20-15(16)4)21-10-8-6-5-7-9-11-21/h12-14,19H,5-11H2,1-4H3. The summed E-state index contributed by atoms with van der Waals surface area (Å²) in [6, 6.07) is 0.764. The zero-order chi connectivity index (χ0) is 15.2. The monoisotopic (exact) mass is 290 g/mol. The van der Waals surface area contributed by atoms with Gasteiger partial charge in [0.05, 0.1) is 0 Å². The Morgan fingerprint density at radius 2 is 1.67 bits per heavy atom. The summed E-state index contributed by atoms with van der Waals surface area (Å²) in [5.74, 6) is 0.912. The maximum atomic E-state index is 4.77. The fourth-order valence-corrected chi connectivity index (χ4v) is 3.08. The molecule has 0 radical (unpaired) electrons. The minimum absolute atomic E-state index is 0.298. The lowest BCUT2D eigenvalue weighted by Gasteiger charge is -2.26. The van der Waals surface area contributed by atoms with Crippen LogP contribution in [-0.4, -0.2) is 29.1 Å². The molecule has 0 aliphatic carbocycles. The molecule has 2 heterocycles. The SMILES string of the molecule is Cc1nc(N2CCCCCCC2)ncc1C(C)NC(C)C. The number of hydrogen-bond acceptors (Lipinski definition) is 4. The van der Waals surface area contributed by atoms with Crippen molar-refractivity contribution in [1.82, 2.24) is 15.3 Å². The molecule has 1 unspecified atom stereocenters. The quantitative estimate of drug-likeness (QED) is 0.919. The first-order chi connectivity index (χ1) is 10.1. The Labute approximate surface area is 129 Å². The van der Waals surface area contributed by atoms with E-state index < -0.39 is 0 Å². The molecule has 1 aromatic rings. The zero-order valence-electron chi connectivity index (χ0n) is 14.0. The Balaban J connectivity index is 2.10. The number of aromatic nitrogens is 2. The Hall–Kier alpha value is -1.16. The summed E-state index contributed by atoms with van der Waals surface area (Å²) in [5.41, 5.74) is 2.31. The van der Waals surface area contributed by atoms with Crippen LogP contribution in [0.5, 0.6) is 0 Å². The highest BCUT2D eigenvalue weighted by Crippen LogP contribution is 2.20. The van der Waals surface area contributed by atoms with Gasteiger partial charge in [0.25, 0.3) is 0 Å². The normalized spacial score (nSPS) is 18.4. The van der Waals surface area contributed by atoms with Crippen LogP contribution >= 0.6 is 0 Å². The van der Waals surface area contributed by atoms with Crippen molar-refractivity contribution in [3.63, 3.8) is 0 Å². The number of anilines is 1. The van der Waals surface area contributed by atoms with Crippen molar-refractivity contribution in [1.29, 1.82) is 0 Å². The van der Waals surface area contributed by atoms with E-state index in [9.17, 15) is 0 Å². The molecule has 1 atom stereocenters. The van der Waals surface area contributed by atoms with E-state index in [2.05, 4.69) is 42.9 Å². The average Bonchev–Trinajstić information content (AvgIpc) is 2.37. The van der Waals surface area contributed by atoms with Crippen LogP contribution in [0.25, 0.3) is 0 Å². The summed E-state index contributed by atoms with van der Waals surface area (Å²) >= 11 is 0. The predicted molar refractivity (Wildman–Crippen MR) is 88.8 cm³/mol. The van der Waals surface area contributed by atoms with Gasteiger partial charge in [-0.15, -0.1) is 0 Å². The van der Waals surface area contributed by atoms with Crippen molar-refractivity contribution in [2.75, 3.05) is 18.0 Å². The number of nitrogens with zero attached hydrogens (tertiary/aromatic N) is 3. The fraction of sp³-hybridized carbons (Fsp3) is 0.765. The summed E-state index contributed by atoms with van der Waals surface area (Å²) in [6.45, 7) is 10.8. The molecule has 4 nitrogen and oxygen atoms in total. The molecule has 21 heavy (non-hydrogen) atoms. The summed E-state index contributed by atoms with van der Waals surface area (Å²) in [5, 5.41) is 3.52. The van der Waals surface area contributed by atoms with Crippen molar-refractivity contribution >= 4 is 5.95 Å². The van der Waals surface area contributed by atoms with Crippen molar-refractivity contribution in [2.45, 2.75) is 71.9 Å². The Kier molecular flexibility index (Phi) is 5.97. The molecule has 0 saturated carbocycles. The molecule has 118 valence electrons. The predicted octanol–water partition coefficient (Wildman–Crippen LogP) is 3.61. The first kappa shape index (κ1) is 16.2. The Morgan fingerprint density at radius 3 is 2.24 bits per heavy atom. The molecule has 0 amide bonds. The van der Waals surface area contributed by atoms with Gasteiger partial charge in [0.1, 0.15) is 0 Å². The van der Waals surface area contributed by atoms with Crippen molar-refractivity contribution < 1.29 is 0 Å². The van der Waals surface area contributed by atoms with Crippen LogP contribution in [0.1, 0.15) is 70.2 Å². The summed E-state index contributed by atoms with van der Waals surface area (Å²) in [4.78, 5) is 11.8. The minimum atomic E-state index is 0.298. The van der Waals surface area contributed by atoms with E-state index in [1.165, 1.54) is 37.7 Å². The second-order valence-corrected chi connectivity index (χ2v) is 6.51. The van der Waals surface area contributed by atoms with Gasteiger partial charge in [-0.25, -0.2) is 9.97 Å². The van der Waals surface area contributed by atoms with Crippen LogP contribution < -0.4 is 10.2 Å². The molecule has 1 fully saturated rings. The molecule has 1 aromatic heterocycles. The van der Waals surface area contributed by atoms with Crippen molar-refractivity contribution in [3.8, 4) is 0 Å². The van der Waals surface area contributed by atoms with E-state index >= 15 is 0 Å². The number of hydrogen-bond donors (Lipinski definition) is 1. The molecule has 1 aliphatic heterocycles. The highest BCUT2D eigenvalue weighted by molar-refractivity contribution is 5.34. The van der Waals surface area contributed by atoms with Gasteiger partial charge in [-0.05, 0) is 26.7 Å². The van der Waals surface area contributed by atoms with E-state index in [0.29, 0.717) is 12.1 Å². The van der Waals surface area contributed by atoms with E-state index in [-0.39, 0.29) is 0 Å². The number of aryl methyl sites for hydroxylation is 1. The van der Waals surface area contributed by atoms with Crippen LogP contribution in [0.4, 0.5) is 5.95 Å². The molecule has 0 spiro atoms. The molecular formula is C17H30N4. The topological polar surface area (TPSA) is 41.1 Å². The average molecular weight is 290 g/mol. The van der Waals surface area contributed by atoms with Crippen LogP contribution in [-0.2, 0) is 0 Å². The molecule has 1 aliphatic rings. The second-order valence-electron chi connectivity index (χ2n) is 6.51. The summed E-state index contributed by atoms with van der Waals surface area (Å²) in [7, 11) is 0. The van der Waals surface area contributed by atoms with Gasteiger partial charge in [0, 0.05) is 42.6 Å². The molecule has 4 heteroatoms. The number of nitrogens with one attached hydrogen (secondary N) is 1. The van der Waals surface area contributed by atoms with Gasteiger partial charge in [-0.1, -0.05) is 33.1 Å². The molecule has 2 rings (SSSR count). The third-order valence-corrected chi connectivity index (χ3v) is 4.19. The van der Waals surface area contributed by atoms with E-state index in [4.69, 9.17) is 4.98 Å². The third kappa shape index (κ3) is 4.67. The Bertz CT molecular complexity index is 436. The maximum Gasteiger partial charge on any atom is 0.225 e. The van der Waals surface area contributed by atoms with E-state index in [0.717, 1.165) is 24.7 Å². The largest absolute Gasteiger partial charge is 0.341 e. The van der Waals surface area contributed by atoms with Crippen molar-refractivity contribution in [2.24, 2.45) is 0 Å². The highest BCUT2D eigenvalue weighted by Gasteiger charge is 2.15. The van der Waals surface area contributed by atoms with Gasteiger partial charge in [-0.3, -0.25) is 0 Å². The second kappa shape index (κ2) is 7.74. The van der Waals surface area contributed by atoms with Crippen LogP contribution in [0.3, 0.4) is 0 Å². The maximum absolute atomic E-state index is 4.77. The summed E-state index contributed by atoms with van der Waals surface area (Å²) < 4.78 is 0. The van der Waals surface area contributed by atoms with Crippen molar-refractivity contribution in [3.05, 3.63) is 17.5 Å². The van der Waals surface area contributed by atoms with E-state index in [1.54, 1.807) is 0 Å². The van der Waals surface area contributed by atoms with Gasteiger partial charge in [0.15, 0.2) is 0 Å². The lowest BCUT2D eigenvalue weighted by molar-refractivity contribution is 0.501. The summed E-state index contributed by atoms with van der Waals surface area (Å²) in [6.07, 6.45) is 8.58. The Morgan fingerprint density at radius 1 is 1.05 bits per heavy atom.